The normalized spacial score (nSPS) is 21.2. The first kappa shape index (κ1) is 20.2. The first-order valence-electron chi connectivity index (χ1n) is 9.02. The van der Waals surface area contributed by atoms with Crippen molar-refractivity contribution >= 4 is 29.9 Å². The Hall–Kier alpha value is -1.09. The van der Waals surface area contributed by atoms with Crippen LogP contribution in [0.25, 0.3) is 0 Å². The van der Waals surface area contributed by atoms with E-state index in [1.165, 1.54) is 6.42 Å². The van der Waals surface area contributed by atoms with E-state index in [1.807, 2.05) is 13.2 Å². The van der Waals surface area contributed by atoms with E-state index in [9.17, 15) is 0 Å². The predicted octanol–water partition coefficient (Wildman–Crippen LogP) is 2.18. The molecule has 6 nitrogen and oxygen atoms in total. The molecule has 0 aromatic carbocycles. The quantitative estimate of drug-likeness (QED) is 0.318. The largest absolute Gasteiger partial charge is 0.349 e. The highest BCUT2D eigenvalue weighted by molar-refractivity contribution is 14.0. The summed E-state index contributed by atoms with van der Waals surface area (Å²) in [5, 5.41) is 3.50. The van der Waals surface area contributed by atoms with Crippen LogP contribution in [0.3, 0.4) is 0 Å². The third-order valence-electron chi connectivity index (χ3n) is 4.81. The van der Waals surface area contributed by atoms with Gasteiger partial charge in [-0.25, -0.2) is 4.98 Å². The SMILES string of the molecule is CN=C(NCc1nccn1CC(C)C)N1CCC(N2CC=CC2)C1.I. The molecule has 1 atom stereocenters. The Bertz CT molecular complexity index is 586. The highest BCUT2D eigenvalue weighted by Gasteiger charge is 2.29. The number of likely N-dealkylation sites (tertiary alicyclic amines) is 1. The minimum Gasteiger partial charge on any atom is -0.349 e. The molecular weight excluding hydrogens is 427 g/mol. The van der Waals surface area contributed by atoms with E-state index in [-0.39, 0.29) is 24.0 Å². The molecular formula is C18H31IN6. The number of aliphatic imine (C=N–C) groups is 1. The van der Waals surface area contributed by atoms with Gasteiger partial charge in [0.25, 0.3) is 0 Å². The molecule has 1 aromatic rings. The van der Waals surface area contributed by atoms with Crippen LogP contribution in [0.4, 0.5) is 0 Å². The zero-order valence-electron chi connectivity index (χ0n) is 15.6. The number of nitrogens with zero attached hydrogens (tertiary/aromatic N) is 5. The van der Waals surface area contributed by atoms with E-state index in [2.05, 4.69) is 61.9 Å². The van der Waals surface area contributed by atoms with Crippen LogP contribution < -0.4 is 5.32 Å². The van der Waals surface area contributed by atoms with Crippen molar-refractivity contribution in [3.05, 3.63) is 30.4 Å². The highest BCUT2D eigenvalue weighted by atomic mass is 127. The average molecular weight is 458 g/mol. The van der Waals surface area contributed by atoms with Gasteiger partial charge in [-0.1, -0.05) is 26.0 Å². The molecule has 1 N–H and O–H groups in total. The van der Waals surface area contributed by atoms with Crippen molar-refractivity contribution in [2.45, 2.75) is 39.4 Å². The van der Waals surface area contributed by atoms with Crippen molar-refractivity contribution in [1.29, 1.82) is 0 Å². The maximum absolute atomic E-state index is 4.49. The fourth-order valence-corrected chi connectivity index (χ4v) is 3.58. The van der Waals surface area contributed by atoms with E-state index in [4.69, 9.17) is 0 Å². The average Bonchev–Trinajstić information content (AvgIpc) is 3.28. The smallest absolute Gasteiger partial charge is 0.194 e. The molecule has 3 heterocycles. The lowest BCUT2D eigenvalue weighted by Crippen LogP contribution is -2.42. The molecule has 25 heavy (non-hydrogen) atoms. The van der Waals surface area contributed by atoms with Crippen LogP contribution in [-0.4, -0.2) is 64.6 Å². The summed E-state index contributed by atoms with van der Waals surface area (Å²) in [4.78, 5) is 13.9. The minimum absolute atomic E-state index is 0. The van der Waals surface area contributed by atoms with Crippen LogP contribution in [0, 0.1) is 5.92 Å². The molecule has 140 valence electrons. The number of hydrogen-bond donors (Lipinski definition) is 1. The van der Waals surface area contributed by atoms with Crippen LogP contribution in [0.2, 0.25) is 0 Å². The van der Waals surface area contributed by atoms with Gasteiger partial charge in [-0.15, -0.1) is 24.0 Å². The van der Waals surface area contributed by atoms with Crippen molar-refractivity contribution < 1.29 is 0 Å². The Balaban J connectivity index is 0.00000225. The maximum atomic E-state index is 4.49. The summed E-state index contributed by atoms with van der Waals surface area (Å²) >= 11 is 0. The van der Waals surface area contributed by atoms with E-state index in [1.54, 1.807) is 0 Å². The number of hydrogen-bond acceptors (Lipinski definition) is 3. The van der Waals surface area contributed by atoms with Crippen molar-refractivity contribution in [3.8, 4) is 0 Å². The van der Waals surface area contributed by atoms with Crippen molar-refractivity contribution in [1.82, 2.24) is 24.7 Å². The number of halogens is 1. The second kappa shape index (κ2) is 9.56. The van der Waals surface area contributed by atoms with Crippen molar-refractivity contribution in [2.75, 3.05) is 33.2 Å². The van der Waals surface area contributed by atoms with Gasteiger partial charge in [-0.3, -0.25) is 9.89 Å². The van der Waals surface area contributed by atoms with Gasteiger partial charge in [-0.2, -0.15) is 0 Å². The molecule has 1 aromatic heterocycles. The first-order chi connectivity index (χ1) is 11.7. The van der Waals surface area contributed by atoms with Gasteiger partial charge in [-0.05, 0) is 12.3 Å². The van der Waals surface area contributed by atoms with Crippen molar-refractivity contribution in [2.24, 2.45) is 10.9 Å². The van der Waals surface area contributed by atoms with E-state index in [0.29, 0.717) is 12.0 Å². The summed E-state index contributed by atoms with van der Waals surface area (Å²) in [6.07, 6.45) is 9.69. The molecule has 0 spiro atoms. The Morgan fingerprint density at radius 2 is 2.12 bits per heavy atom. The van der Waals surface area contributed by atoms with Crippen LogP contribution >= 0.6 is 24.0 Å². The van der Waals surface area contributed by atoms with Crippen LogP contribution in [-0.2, 0) is 13.1 Å². The summed E-state index contributed by atoms with van der Waals surface area (Å²) in [5.41, 5.74) is 0. The molecule has 0 amide bonds. The predicted molar refractivity (Wildman–Crippen MR) is 113 cm³/mol. The lowest BCUT2D eigenvalue weighted by molar-refractivity contribution is 0.259. The number of nitrogens with one attached hydrogen (secondary N) is 1. The number of rotatable bonds is 5. The summed E-state index contributed by atoms with van der Waals surface area (Å²) in [7, 11) is 1.87. The molecule has 2 aliphatic heterocycles. The molecule has 1 saturated heterocycles. The second-order valence-corrected chi connectivity index (χ2v) is 7.10. The molecule has 1 fully saturated rings. The number of aromatic nitrogens is 2. The van der Waals surface area contributed by atoms with Crippen LogP contribution in [0.1, 0.15) is 26.1 Å². The molecule has 7 heteroatoms. The Kier molecular flexibility index (Phi) is 7.74. The zero-order chi connectivity index (χ0) is 16.9. The monoisotopic (exact) mass is 458 g/mol. The summed E-state index contributed by atoms with van der Waals surface area (Å²) in [6, 6.07) is 0.640. The fraction of sp³-hybridized carbons (Fsp3) is 0.667. The van der Waals surface area contributed by atoms with E-state index >= 15 is 0 Å². The van der Waals surface area contributed by atoms with Gasteiger partial charge in [0.2, 0.25) is 0 Å². The second-order valence-electron chi connectivity index (χ2n) is 7.10. The third kappa shape index (κ3) is 5.20. The molecule has 0 bridgehead atoms. The molecule has 3 rings (SSSR count). The molecule has 2 aliphatic rings. The maximum Gasteiger partial charge on any atom is 0.194 e. The first-order valence-corrected chi connectivity index (χ1v) is 9.02. The molecule has 0 aliphatic carbocycles. The van der Waals surface area contributed by atoms with Crippen LogP contribution in [0.15, 0.2) is 29.5 Å². The molecule has 0 radical (unpaired) electrons. The Morgan fingerprint density at radius 1 is 1.36 bits per heavy atom. The number of guanidine groups is 1. The lowest BCUT2D eigenvalue weighted by Gasteiger charge is -2.25. The zero-order valence-corrected chi connectivity index (χ0v) is 17.9. The van der Waals surface area contributed by atoms with Gasteiger partial charge in [0.15, 0.2) is 5.96 Å². The van der Waals surface area contributed by atoms with Gasteiger partial charge < -0.3 is 14.8 Å². The Labute approximate surface area is 168 Å². The fourth-order valence-electron chi connectivity index (χ4n) is 3.58. The van der Waals surface area contributed by atoms with Crippen LogP contribution in [0.5, 0.6) is 0 Å². The number of imidazole rings is 1. The summed E-state index contributed by atoms with van der Waals surface area (Å²) in [5.74, 6) is 2.68. The summed E-state index contributed by atoms with van der Waals surface area (Å²) in [6.45, 7) is 10.5. The minimum atomic E-state index is 0. The third-order valence-corrected chi connectivity index (χ3v) is 4.81. The van der Waals surface area contributed by atoms with Gasteiger partial charge in [0.1, 0.15) is 5.82 Å². The molecule has 1 unspecified atom stereocenters. The Morgan fingerprint density at radius 3 is 2.80 bits per heavy atom. The van der Waals surface area contributed by atoms with Gasteiger partial charge in [0, 0.05) is 58.2 Å². The topological polar surface area (TPSA) is 48.7 Å². The highest BCUT2D eigenvalue weighted by Crippen LogP contribution is 2.18. The van der Waals surface area contributed by atoms with Gasteiger partial charge >= 0.3 is 0 Å². The lowest BCUT2D eigenvalue weighted by atomic mass is 10.2. The standard InChI is InChI=1S/C18H30N6.HI/c1-15(2)13-23-11-7-20-17(23)12-21-18(19-3)24-10-6-16(14-24)22-8-4-5-9-22;/h4-5,7,11,15-16H,6,8-10,12-14H2,1-3H3,(H,19,21);1H. The van der Waals surface area contributed by atoms with E-state index in [0.717, 1.165) is 51.1 Å². The summed E-state index contributed by atoms with van der Waals surface area (Å²) < 4.78 is 2.23. The van der Waals surface area contributed by atoms with E-state index < -0.39 is 0 Å². The van der Waals surface area contributed by atoms with Crippen molar-refractivity contribution in [3.63, 3.8) is 0 Å². The molecule has 0 saturated carbocycles. The van der Waals surface area contributed by atoms with Gasteiger partial charge in [0.05, 0.1) is 6.54 Å².